The number of benzene rings is 1. The molecule has 0 saturated carbocycles. The summed E-state index contributed by atoms with van der Waals surface area (Å²) in [7, 11) is 0. The van der Waals surface area contributed by atoms with E-state index in [1.807, 2.05) is 27.7 Å². The average molecular weight is 371 g/mol. The van der Waals surface area contributed by atoms with Gasteiger partial charge >= 0.3 is 6.09 Å². The molecule has 1 aromatic carbocycles. The molecule has 144 valence electrons. The number of rotatable bonds is 6. The van der Waals surface area contributed by atoms with Crippen LogP contribution in [0.25, 0.3) is 0 Å². The van der Waals surface area contributed by atoms with Crippen molar-refractivity contribution in [2.24, 2.45) is 0 Å². The first-order valence-corrected chi connectivity index (χ1v) is 8.90. The van der Waals surface area contributed by atoms with Gasteiger partial charge in [0.15, 0.2) is 0 Å². The van der Waals surface area contributed by atoms with Crippen LogP contribution in [0.1, 0.15) is 52.1 Å². The van der Waals surface area contributed by atoms with Gasteiger partial charge in [0, 0.05) is 18.3 Å². The fourth-order valence-corrected chi connectivity index (χ4v) is 2.72. The van der Waals surface area contributed by atoms with Gasteiger partial charge in [0.2, 0.25) is 0 Å². The number of nitro groups is 1. The van der Waals surface area contributed by atoms with Crippen molar-refractivity contribution in [2.75, 3.05) is 4.90 Å². The minimum atomic E-state index is -0.656. The Morgan fingerprint density at radius 3 is 2.37 bits per heavy atom. The maximum absolute atomic E-state index is 13.0. The van der Waals surface area contributed by atoms with Gasteiger partial charge in [-0.05, 0) is 44.9 Å². The first kappa shape index (κ1) is 20.4. The molecule has 1 amide bonds. The van der Waals surface area contributed by atoms with Crippen LogP contribution in [-0.2, 0) is 4.74 Å². The SMILES string of the molecule is CCCC(c1ccc([N+](=O)[O-])cc1)N(C(=O)OC(C)(C)C)c1ccccn1. The highest BCUT2D eigenvalue weighted by Crippen LogP contribution is 2.32. The Morgan fingerprint density at radius 1 is 1.22 bits per heavy atom. The molecule has 1 atom stereocenters. The zero-order valence-electron chi connectivity index (χ0n) is 16.1. The summed E-state index contributed by atoms with van der Waals surface area (Å²) in [6.45, 7) is 7.44. The first-order valence-electron chi connectivity index (χ1n) is 8.90. The van der Waals surface area contributed by atoms with Gasteiger partial charge in [0.1, 0.15) is 11.4 Å². The number of aromatic nitrogens is 1. The normalized spacial score (nSPS) is 12.3. The lowest BCUT2D eigenvalue weighted by molar-refractivity contribution is -0.384. The zero-order chi connectivity index (χ0) is 20.0. The van der Waals surface area contributed by atoms with Crippen LogP contribution in [0.5, 0.6) is 0 Å². The van der Waals surface area contributed by atoms with Crippen LogP contribution in [0.15, 0.2) is 48.7 Å². The van der Waals surface area contributed by atoms with Gasteiger partial charge in [-0.25, -0.2) is 9.78 Å². The second-order valence-corrected chi connectivity index (χ2v) is 7.19. The van der Waals surface area contributed by atoms with Crippen molar-refractivity contribution < 1.29 is 14.5 Å². The van der Waals surface area contributed by atoms with Crippen molar-refractivity contribution in [1.82, 2.24) is 4.98 Å². The van der Waals surface area contributed by atoms with E-state index in [4.69, 9.17) is 4.74 Å². The molecule has 1 heterocycles. The molecule has 0 aliphatic heterocycles. The number of carbonyl (C=O) groups is 1. The number of hydrogen-bond acceptors (Lipinski definition) is 5. The minimum absolute atomic E-state index is 0.00986. The molecule has 0 spiro atoms. The number of non-ortho nitro benzene ring substituents is 1. The molecule has 0 saturated heterocycles. The minimum Gasteiger partial charge on any atom is -0.443 e. The lowest BCUT2D eigenvalue weighted by atomic mass is 10.0. The Hall–Kier alpha value is -2.96. The van der Waals surface area contributed by atoms with Crippen LogP contribution < -0.4 is 4.90 Å². The van der Waals surface area contributed by atoms with E-state index < -0.39 is 16.6 Å². The highest BCUT2D eigenvalue weighted by molar-refractivity contribution is 5.87. The third-order valence-corrected chi connectivity index (χ3v) is 3.85. The lowest BCUT2D eigenvalue weighted by Gasteiger charge is -2.33. The summed E-state index contributed by atoms with van der Waals surface area (Å²) in [6.07, 6.45) is 2.59. The zero-order valence-corrected chi connectivity index (χ0v) is 16.1. The van der Waals surface area contributed by atoms with Crippen LogP contribution >= 0.6 is 0 Å². The Labute approximate surface area is 159 Å². The summed E-state index contributed by atoms with van der Waals surface area (Å²) >= 11 is 0. The number of amides is 1. The van der Waals surface area contributed by atoms with Gasteiger partial charge in [0.05, 0.1) is 11.0 Å². The number of carbonyl (C=O) groups excluding carboxylic acids is 1. The number of pyridine rings is 1. The van der Waals surface area contributed by atoms with Crippen molar-refractivity contribution in [3.05, 3.63) is 64.3 Å². The third kappa shape index (κ3) is 5.51. The van der Waals surface area contributed by atoms with Gasteiger partial charge in [-0.1, -0.05) is 31.5 Å². The van der Waals surface area contributed by atoms with Crippen molar-refractivity contribution in [2.45, 2.75) is 52.2 Å². The predicted molar refractivity (Wildman–Crippen MR) is 104 cm³/mol. The molecular weight excluding hydrogens is 346 g/mol. The van der Waals surface area contributed by atoms with E-state index >= 15 is 0 Å². The van der Waals surface area contributed by atoms with Crippen LogP contribution in [0.4, 0.5) is 16.3 Å². The highest BCUT2D eigenvalue weighted by atomic mass is 16.6. The molecule has 0 aliphatic carbocycles. The summed E-state index contributed by atoms with van der Waals surface area (Å²) in [5.41, 5.74) is 0.144. The van der Waals surface area contributed by atoms with Crippen LogP contribution in [0, 0.1) is 10.1 Å². The van der Waals surface area contributed by atoms with E-state index in [0.29, 0.717) is 12.2 Å². The van der Waals surface area contributed by atoms with Crippen molar-refractivity contribution in [3.8, 4) is 0 Å². The molecule has 0 radical (unpaired) electrons. The maximum atomic E-state index is 13.0. The highest BCUT2D eigenvalue weighted by Gasteiger charge is 2.31. The summed E-state index contributed by atoms with van der Waals surface area (Å²) in [4.78, 5) is 29.3. The molecule has 0 aliphatic rings. The number of nitro benzene ring substituents is 1. The molecule has 0 N–H and O–H groups in total. The largest absolute Gasteiger partial charge is 0.443 e. The number of hydrogen-bond donors (Lipinski definition) is 0. The van der Waals surface area contributed by atoms with Gasteiger partial charge in [-0.2, -0.15) is 0 Å². The van der Waals surface area contributed by atoms with Crippen LogP contribution in [0.2, 0.25) is 0 Å². The predicted octanol–water partition coefficient (Wildman–Crippen LogP) is 5.27. The second-order valence-electron chi connectivity index (χ2n) is 7.19. The summed E-state index contributed by atoms with van der Waals surface area (Å²) in [5.74, 6) is 0.476. The number of ether oxygens (including phenoxy) is 1. The van der Waals surface area contributed by atoms with Gasteiger partial charge < -0.3 is 4.74 Å². The molecular formula is C20H25N3O4. The van der Waals surface area contributed by atoms with Crippen LogP contribution in [0.3, 0.4) is 0 Å². The Bertz CT molecular complexity index is 770. The van der Waals surface area contributed by atoms with Crippen molar-refractivity contribution in [1.29, 1.82) is 0 Å². The molecule has 27 heavy (non-hydrogen) atoms. The van der Waals surface area contributed by atoms with E-state index in [1.54, 1.807) is 36.5 Å². The quantitative estimate of drug-likeness (QED) is 0.510. The Morgan fingerprint density at radius 2 is 1.89 bits per heavy atom. The first-order chi connectivity index (χ1) is 12.7. The monoisotopic (exact) mass is 371 g/mol. The Kier molecular flexibility index (Phi) is 6.50. The standard InChI is InChI=1S/C20H25N3O4/c1-5-8-17(15-10-12-16(13-11-15)23(25)26)22(18-9-6-7-14-21-18)19(24)27-20(2,3)4/h6-7,9-14,17H,5,8H2,1-4H3. The van der Waals surface area contributed by atoms with Gasteiger partial charge in [0.25, 0.3) is 5.69 Å². The van der Waals surface area contributed by atoms with E-state index in [2.05, 4.69) is 4.98 Å². The smallest absolute Gasteiger partial charge is 0.416 e. The van der Waals surface area contributed by atoms with E-state index in [0.717, 1.165) is 12.0 Å². The fourth-order valence-electron chi connectivity index (χ4n) is 2.72. The molecule has 2 aromatic rings. The van der Waals surface area contributed by atoms with Crippen molar-refractivity contribution >= 4 is 17.6 Å². The molecule has 0 bridgehead atoms. The van der Waals surface area contributed by atoms with E-state index in [9.17, 15) is 14.9 Å². The van der Waals surface area contributed by atoms with Crippen LogP contribution in [-0.4, -0.2) is 21.6 Å². The molecule has 2 rings (SSSR count). The van der Waals surface area contributed by atoms with Crippen molar-refractivity contribution in [3.63, 3.8) is 0 Å². The van der Waals surface area contributed by atoms with E-state index in [1.165, 1.54) is 17.0 Å². The summed E-state index contributed by atoms with van der Waals surface area (Å²) in [5, 5.41) is 10.9. The molecule has 7 nitrogen and oxygen atoms in total. The molecule has 0 fully saturated rings. The number of nitrogens with zero attached hydrogens (tertiary/aromatic N) is 3. The fraction of sp³-hybridized carbons (Fsp3) is 0.400. The molecule has 7 heteroatoms. The van der Waals surface area contributed by atoms with Gasteiger partial charge in [-0.15, -0.1) is 0 Å². The summed E-state index contributed by atoms with van der Waals surface area (Å²) in [6, 6.07) is 11.2. The van der Waals surface area contributed by atoms with Gasteiger partial charge in [-0.3, -0.25) is 15.0 Å². The third-order valence-electron chi connectivity index (χ3n) is 3.85. The maximum Gasteiger partial charge on any atom is 0.416 e. The molecule has 1 unspecified atom stereocenters. The lowest BCUT2D eigenvalue weighted by Crippen LogP contribution is -2.40. The summed E-state index contributed by atoms with van der Waals surface area (Å²) < 4.78 is 5.60. The topological polar surface area (TPSA) is 85.6 Å². The molecule has 1 aromatic heterocycles. The Balaban J connectivity index is 2.47. The number of anilines is 1. The average Bonchev–Trinajstić information content (AvgIpc) is 2.61. The second kappa shape index (κ2) is 8.62. The van der Waals surface area contributed by atoms with E-state index in [-0.39, 0.29) is 11.7 Å².